The molecule has 4 radical (unpaired) electrons. The summed E-state index contributed by atoms with van der Waals surface area (Å²) in [5, 5.41) is 10.3. The average molecular weight is 544 g/mol. The molecule has 4 aromatic carbocycles. The maximum Gasteiger partial charge on any atom is 0.145 e. The van der Waals surface area contributed by atoms with E-state index in [9.17, 15) is 5.26 Å². The minimum atomic E-state index is -1.41. The van der Waals surface area contributed by atoms with Crippen molar-refractivity contribution in [3.05, 3.63) is 114 Å². The molecule has 0 bridgehead atoms. The van der Waals surface area contributed by atoms with Gasteiger partial charge in [0, 0.05) is 34.2 Å². The summed E-state index contributed by atoms with van der Waals surface area (Å²) in [6.07, 6.45) is 1.42. The summed E-state index contributed by atoms with van der Waals surface area (Å²) >= 11 is 0. The highest BCUT2D eigenvalue weighted by Gasteiger charge is 2.36. The normalized spacial score (nSPS) is 12.1. The van der Waals surface area contributed by atoms with Crippen LogP contribution in [-0.2, 0) is 5.21 Å². The van der Waals surface area contributed by atoms with E-state index in [-0.39, 0.29) is 5.56 Å². The van der Waals surface area contributed by atoms with Gasteiger partial charge in [-0.3, -0.25) is 4.98 Å². The molecule has 6 heteroatoms. The number of fused-ring (bicyclic) bond motifs is 3. The Balaban J connectivity index is 1.54. The van der Waals surface area contributed by atoms with Crippen LogP contribution >= 0.6 is 0 Å². The summed E-state index contributed by atoms with van der Waals surface area (Å²) < 4.78 is 22.2. The molecule has 0 unspecified atom stereocenters. The molecule has 2 aromatic heterocycles. The zero-order valence-electron chi connectivity index (χ0n) is 24.0. The molecule has 0 atom stereocenters. The van der Waals surface area contributed by atoms with Crippen LogP contribution in [0.5, 0.6) is 0 Å². The fraction of sp³-hybridized carbons (Fsp3) is 0.167. The molecular formula is C36H27B2FN2O. The molecule has 0 fully saturated rings. The second kappa shape index (κ2) is 10.0. The molecule has 0 N–H and O–H groups in total. The molecule has 0 aliphatic carbocycles. The van der Waals surface area contributed by atoms with Crippen molar-refractivity contribution >= 4 is 37.6 Å². The minimum absolute atomic E-state index is 0.146. The number of nitrogens with zero attached hydrogens (tertiary/aromatic N) is 2. The van der Waals surface area contributed by atoms with E-state index in [2.05, 4.69) is 23.2 Å². The smallest absolute Gasteiger partial charge is 0.145 e. The minimum Gasteiger partial charge on any atom is -0.455 e. The van der Waals surface area contributed by atoms with Gasteiger partial charge in [-0.1, -0.05) is 92.7 Å². The lowest BCUT2D eigenvalue weighted by Gasteiger charge is -2.40. The Labute approximate surface area is 247 Å². The van der Waals surface area contributed by atoms with Crippen LogP contribution in [0, 0.1) is 29.5 Å². The summed E-state index contributed by atoms with van der Waals surface area (Å²) in [7, 11) is 12.7. The van der Waals surface area contributed by atoms with Crippen LogP contribution in [-0.4, -0.2) is 20.7 Å². The molecule has 42 heavy (non-hydrogen) atoms. The number of pyridine rings is 1. The van der Waals surface area contributed by atoms with Crippen molar-refractivity contribution in [1.82, 2.24) is 4.98 Å². The Kier molecular flexibility index (Phi) is 6.58. The standard InChI is InChI=1S/C36H27B2FN2O/c1-21-10-16-26-27-17-15-25(19-40)32(24-13-11-23(12-14-24)22-8-6-5-7-9-22)34(27)42-33(26)31(21)30-18-29(39)28(20-41-30)36(37,38)35(2,3)4/h5-18,20H,1-4H3. The lowest BCUT2D eigenvalue weighted by molar-refractivity contribution is 0.349. The Morgan fingerprint density at radius 2 is 1.38 bits per heavy atom. The predicted octanol–water partition coefficient (Wildman–Crippen LogP) is 8.84. The highest BCUT2D eigenvalue weighted by atomic mass is 19.1. The van der Waals surface area contributed by atoms with E-state index >= 15 is 4.39 Å². The van der Waals surface area contributed by atoms with E-state index in [1.54, 1.807) is 0 Å². The van der Waals surface area contributed by atoms with Crippen LogP contribution in [0.15, 0.2) is 95.5 Å². The van der Waals surface area contributed by atoms with Crippen LogP contribution in [0.4, 0.5) is 4.39 Å². The van der Waals surface area contributed by atoms with Crippen LogP contribution in [0.2, 0.25) is 0 Å². The van der Waals surface area contributed by atoms with E-state index in [0.29, 0.717) is 33.6 Å². The topological polar surface area (TPSA) is 49.8 Å². The first kappa shape index (κ1) is 27.5. The summed E-state index contributed by atoms with van der Waals surface area (Å²) in [6.45, 7) is 7.52. The van der Waals surface area contributed by atoms with Crippen LogP contribution in [0.25, 0.3) is 55.4 Å². The van der Waals surface area contributed by atoms with Gasteiger partial charge in [-0.15, -0.1) is 0 Å². The second-order valence-corrected chi connectivity index (χ2v) is 11.8. The van der Waals surface area contributed by atoms with E-state index in [1.165, 1.54) is 12.3 Å². The largest absolute Gasteiger partial charge is 0.455 e. The molecule has 0 saturated heterocycles. The van der Waals surface area contributed by atoms with Crippen molar-refractivity contribution < 1.29 is 8.81 Å². The first-order valence-electron chi connectivity index (χ1n) is 13.8. The summed E-state index contributed by atoms with van der Waals surface area (Å²) in [6, 6.07) is 29.6. The van der Waals surface area contributed by atoms with Gasteiger partial charge in [0.1, 0.15) is 17.0 Å². The molecule has 0 spiro atoms. The second-order valence-electron chi connectivity index (χ2n) is 11.8. The number of furan rings is 1. The van der Waals surface area contributed by atoms with Crippen molar-refractivity contribution in [2.24, 2.45) is 5.41 Å². The zero-order chi connectivity index (χ0) is 29.8. The van der Waals surface area contributed by atoms with Crippen molar-refractivity contribution in [3.8, 4) is 39.6 Å². The number of benzene rings is 4. The number of nitriles is 1. The van der Waals surface area contributed by atoms with Crippen molar-refractivity contribution in [2.45, 2.75) is 32.9 Å². The molecule has 0 saturated carbocycles. The van der Waals surface area contributed by atoms with Gasteiger partial charge in [-0.05, 0) is 52.3 Å². The number of aromatic nitrogens is 1. The van der Waals surface area contributed by atoms with Crippen molar-refractivity contribution in [2.75, 3.05) is 0 Å². The predicted molar refractivity (Wildman–Crippen MR) is 170 cm³/mol. The molecular weight excluding hydrogens is 517 g/mol. The van der Waals surface area contributed by atoms with Gasteiger partial charge in [-0.2, -0.15) is 5.26 Å². The Bertz CT molecular complexity index is 2020. The molecule has 0 amide bonds. The third-order valence-corrected chi connectivity index (χ3v) is 8.22. The molecule has 0 aliphatic rings. The number of hydrogen-bond donors (Lipinski definition) is 0. The molecule has 2 heterocycles. The molecule has 6 rings (SSSR count). The van der Waals surface area contributed by atoms with E-state index in [1.807, 2.05) is 94.4 Å². The van der Waals surface area contributed by atoms with Gasteiger partial charge in [0.25, 0.3) is 0 Å². The van der Waals surface area contributed by atoms with Gasteiger partial charge in [0.2, 0.25) is 0 Å². The highest BCUT2D eigenvalue weighted by Crippen LogP contribution is 2.43. The van der Waals surface area contributed by atoms with E-state index < -0.39 is 16.4 Å². The first-order valence-corrected chi connectivity index (χ1v) is 13.8. The quantitative estimate of drug-likeness (QED) is 0.209. The first-order chi connectivity index (χ1) is 20.0. The number of halogens is 1. The third kappa shape index (κ3) is 4.41. The van der Waals surface area contributed by atoms with Crippen LogP contribution in [0.1, 0.15) is 37.5 Å². The summed E-state index contributed by atoms with van der Waals surface area (Å²) in [5.41, 5.74) is 6.95. The Hall–Kier alpha value is -4.62. The average Bonchev–Trinajstić information content (AvgIpc) is 3.34. The number of rotatable bonds is 4. The monoisotopic (exact) mass is 544 g/mol. The molecule has 3 nitrogen and oxygen atoms in total. The van der Waals surface area contributed by atoms with Gasteiger partial charge >= 0.3 is 0 Å². The fourth-order valence-corrected chi connectivity index (χ4v) is 5.44. The maximum atomic E-state index is 15.6. The Morgan fingerprint density at radius 3 is 2.00 bits per heavy atom. The number of hydrogen-bond acceptors (Lipinski definition) is 3. The van der Waals surface area contributed by atoms with Gasteiger partial charge in [-0.25, -0.2) is 4.39 Å². The van der Waals surface area contributed by atoms with E-state index in [0.717, 1.165) is 33.0 Å². The molecule has 0 aliphatic heterocycles. The maximum absolute atomic E-state index is 15.6. The van der Waals surface area contributed by atoms with E-state index in [4.69, 9.17) is 20.1 Å². The Morgan fingerprint density at radius 1 is 0.786 bits per heavy atom. The lowest BCUT2D eigenvalue weighted by Crippen LogP contribution is -2.42. The SMILES string of the molecule is [B]C([B])(c1cnc(-c2c(C)ccc3c2oc2c(-c4ccc(-c5ccccc5)cc4)c(C#N)ccc23)cc1F)C(C)(C)C. The summed E-state index contributed by atoms with van der Waals surface area (Å²) in [4.78, 5) is 4.61. The fourth-order valence-electron chi connectivity index (χ4n) is 5.44. The summed E-state index contributed by atoms with van der Waals surface area (Å²) in [5.74, 6) is -0.529. The van der Waals surface area contributed by atoms with Crippen LogP contribution in [0.3, 0.4) is 0 Å². The van der Waals surface area contributed by atoms with Crippen LogP contribution < -0.4 is 0 Å². The zero-order valence-corrected chi connectivity index (χ0v) is 24.0. The molecule has 200 valence electrons. The van der Waals surface area contributed by atoms with Crippen molar-refractivity contribution in [3.63, 3.8) is 0 Å². The molecule has 6 aromatic rings. The van der Waals surface area contributed by atoms with Gasteiger partial charge in [0.05, 0.1) is 33.0 Å². The van der Waals surface area contributed by atoms with Gasteiger partial charge < -0.3 is 4.42 Å². The third-order valence-electron chi connectivity index (χ3n) is 8.22. The lowest BCUT2D eigenvalue weighted by atomic mass is 9.41. The van der Waals surface area contributed by atoms with Crippen molar-refractivity contribution in [1.29, 1.82) is 5.26 Å². The highest BCUT2D eigenvalue weighted by molar-refractivity contribution is 6.40. The van der Waals surface area contributed by atoms with Gasteiger partial charge in [0.15, 0.2) is 0 Å². The number of aryl methyl sites for hydroxylation is 1.